The van der Waals surface area contributed by atoms with Crippen LogP contribution in [0.2, 0.25) is 0 Å². The lowest BCUT2D eigenvalue weighted by molar-refractivity contribution is -0.135. The molecule has 0 spiro atoms. The standard InChI is InChI=1S/C18H23NO3/c20-17-10-5-11-19(17)15-8-4-9-16(13-15)22-18(21)12-14-6-2-1-3-7-14/h4,8-9,13-14H,1-3,5-7,10-12H2. The molecule has 0 aromatic heterocycles. The lowest BCUT2D eigenvalue weighted by atomic mass is 9.87. The normalized spacial score (nSPS) is 19.5. The van der Waals surface area contributed by atoms with E-state index in [4.69, 9.17) is 4.74 Å². The van der Waals surface area contributed by atoms with Crippen LogP contribution in [0, 0.1) is 5.92 Å². The van der Waals surface area contributed by atoms with E-state index in [1.807, 2.05) is 12.1 Å². The molecule has 1 aromatic carbocycles. The first-order valence-corrected chi connectivity index (χ1v) is 8.33. The number of hydrogen-bond acceptors (Lipinski definition) is 3. The summed E-state index contributed by atoms with van der Waals surface area (Å²) < 4.78 is 5.48. The van der Waals surface area contributed by atoms with Gasteiger partial charge in [0, 0.05) is 31.1 Å². The van der Waals surface area contributed by atoms with Gasteiger partial charge < -0.3 is 9.64 Å². The highest BCUT2D eigenvalue weighted by atomic mass is 16.5. The number of nitrogens with zero attached hydrogens (tertiary/aromatic N) is 1. The predicted octanol–water partition coefficient (Wildman–Crippen LogP) is 3.69. The predicted molar refractivity (Wildman–Crippen MR) is 84.9 cm³/mol. The van der Waals surface area contributed by atoms with Gasteiger partial charge in [-0.1, -0.05) is 25.3 Å². The average molecular weight is 301 g/mol. The summed E-state index contributed by atoms with van der Waals surface area (Å²) in [4.78, 5) is 25.6. The highest BCUT2D eigenvalue weighted by molar-refractivity contribution is 5.95. The molecule has 0 bridgehead atoms. The molecule has 1 saturated carbocycles. The van der Waals surface area contributed by atoms with Crippen molar-refractivity contribution in [3.8, 4) is 5.75 Å². The molecule has 0 atom stereocenters. The maximum Gasteiger partial charge on any atom is 0.311 e. The lowest BCUT2D eigenvalue weighted by Crippen LogP contribution is -2.23. The molecule has 1 amide bonds. The number of rotatable bonds is 4. The largest absolute Gasteiger partial charge is 0.426 e. The summed E-state index contributed by atoms with van der Waals surface area (Å²) in [7, 11) is 0. The number of carbonyl (C=O) groups is 2. The number of amides is 1. The van der Waals surface area contributed by atoms with Crippen LogP contribution in [0.3, 0.4) is 0 Å². The van der Waals surface area contributed by atoms with Crippen molar-refractivity contribution in [1.82, 2.24) is 0 Å². The maximum atomic E-state index is 12.1. The van der Waals surface area contributed by atoms with Crippen molar-refractivity contribution in [3.63, 3.8) is 0 Å². The van der Waals surface area contributed by atoms with Crippen LogP contribution in [-0.2, 0) is 9.59 Å². The number of carbonyl (C=O) groups excluding carboxylic acids is 2. The number of esters is 1. The second-order valence-electron chi connectivity index (χ2n) is 6.33. The van der Waals surface area contributed by atoms with Crippen molar-refractivity contribution in [2.75, 3.05) is 11.4 Å². The van der Waals surface area contributed by atoms with Crippen molar-refractivity contribution >= 4 is 17.6 Å². The first kappa shape index (κ1) is 15.1. The molecule has 0 unspecified atom stereocenters. The summed E-state index contributed by atoms with van der Waals surface area (Å²) in [5, 5.41) is 0. The van der Waals surface area contributed by atoms with Crippen molar-refractivity contribution in [2.45, 2.75) is 51.4 Å². The summed E-state index contributed by atoms with van der Waals surface area (Å²) >= 11 is 0. The van der Waals surface area contributed by atoms with Crippen molar-refractivity contribution < 1.29 is 14.3 Å². The minimum Gasteiger partial charge on any atom is -0.426 e. The van der Waals surface area contributed by atoms with Gasteiger partial charge >= 0.3 is 5.97 Å². The summed E-state index contributed by atoms with van der Waals surface area (Å²) in [5.41, 5.74) is 0.825. The molecule has 0 radical (unpaired) electrons. The van der Waals surface area contributed by atoms with Crippen molar-refractivity contribution in [1.29, 1.82) is 0 Å². The molecule has 0 N–H and O–H groups in total. The fourth-order valence-corrected chi connectivity index (χ4v) is 3.44. The molecule has 1 aromatic rings. The average Bonchev–Trinajstić information content (AvgIpc) is 2.94. The highest BCUT2D eigenvalue weighted by Crippen LogP contribution is 2.28. The Morgan fingerprint density at radius 1 is 1.18 bits per heavy atom. The fourth-order valence-electron chi connectivity index (χ4n) is 3.44. The van der Waals surface area contributed by atoms with Crippen molar-refractivity contribution in [2.24, 2.45) is 5.92 Å². The molecule has 1 heterocycles. The van der Waals surface area contributed by atoms with Crippen molar-refractivity contribution in [3.05, 3.63) is 24.3 Å². The highest BCUT2D eigenvalue weighted by Gasteiger charge is 2.22. The third kappa shape index (κ3) is 3.67. The van der Waals surface area contributed by atoms with Gasteiger partial charge in [-0.2, -0.15) is 0 Å². The van der Waals surface area contributed by atoms with Crippen LogP contribution in [0.15, 0.2) is 24.3 Å². The van der Waals surface area contributed by atoms with Gasteiger partial charge in [-0.15, -0.1) is 0 Å². The zero-order chi connectivity index (χ0) is 15.4. The molecule has 1 saturated heterocycles. The number of benzene rings is 1. The number of ether oxygens (including phenoxy) is 1. The summed E-state index contributed by atoms with van der Waals surface area (Å²) in [6.07, 6.45) is 8.02. The minimum absolute atomic E-state index is 0.144. The molecule has 2 aliphatic rings. The molecule has 1 aliphatic carbocycles. The van der Waals surface area contributed by atoms with Gasteiger partial charge in [-0.05, 0) is 37.3 Å². The van der Waals surface area contributed by atoms with Gasteiger partial charge in [-0.25, -0.2) is 0 Å². The monoisotopic (exact) mass is 301 g/mol. The Balaban J connectivity index is 1.60. The van der Waals surface area contributed by atoms with E-state index in [-0.39, 0.29) is 11.9 Å². The minimum atomic E-state index is -0.156. The van der Waals surface area contributed by atoms with E-state index in [0.717, 1.165) is 31.5 Å². The Morgan fingerprint density at radius 2 is 2.00 bits per heavy atom. The Bertz CT molecular complexity index is 549. The zero-order valence-corrected chi connectivity index (χ0v) is 12.9. The maximum absolute atomic E-state index is 12.1. The Labute approximate surface area is 131 Å². The van der Waals surface area contributed by atoms with Crippen LogP contribution in [0.4, 0.5) is 5.69 Å². The lowest BCUT2D eigenvalue weighted by Gasteiger charge is -2.20. The Hall–Kier alpha value is -1.84. The van der Waals surface area contributed by atoms with Gasteiger partial charge in [0.05, 0.1) is 0 Å². The second-order valence-corrected chi connectivity index (χ2v) is 6.33. The Kier molecular flexibility index (Phi) is 4.76. The van der Waals surface area contributed by atoms with Crippen LogP contribution >= 0.6 is 0 Å². The third-order valence-corrected chi connectivity index (χ3v) is 4.61. The Morgan fingerprint density at radius 3 is 2.73 bits per heavy atom. The molecular formula is C18H23NO3. The van der Waals surface area contributed by atoms with Crippen LogP contribution in [0.25, 0.3) is 0 Å². The molecule has 3 rings (SSSR count). The first-order chi connectivity index (χ1) is 10.7. The van der Waals surface area contributed by atoms with Crippen LogP contribution < -0.4 is 9.64 Å². The molecule has 1 aliphatic heterocycles. The van der Waals surface area contributed by atoms with Gasteiger partial charge in [0.2, 0.25) is 5.91 Å². The third-order valence-electron chi connectivity index (χ3n) is 4.61. The van der Waals surface area contributed by atoms with E-state index in [1.165, 1.54) is 19.3 Å². The molecule has 4 heteroatoms. The van der Waals surface area contributed by atoms with Crippen LogP contribution in [0.1, 0.15) is 51.4 Å². The van der Waals surface area contributed by atoms with E-state index < -0.39 is 0 Å². The first-order valence-electron chi connectivity index (χ1n) is 8.33. The van der Waals surface area contributed by atoms with E-state index in [9.17, 15) is 9.59 Å². The van der Waals surface area contributed by atoms with Gasteiger partial charge in [0.1, 0.15) is 5.75 Å². The topological polar surface area (TPSA) is 46.6 Å². The van der Waals surface area contributed by atoms with E-state index in [0.29, 0.717) is 24.5 Å². The fraction of sp³-hybridized carbons (Fsp3) is 0.556. The number of anilines is 1. The van der Waals surface area contributed by atoms with Crippen LogP contribution in [-0.4, -0.2) is 18.4 Å². The van der Waals surface area contributed by atoms with Gasteiger partial charge in [0.15, 0.2) is 0 Å². The van der Waals surface area contributed by atoms with E-state index >= 15 is 0 Å². The van der Waals surface area contributed by atoms with E-state index in [2.05, 4.69) is 0 Å². The second kappa shape index (κ2) is 6.95. The molecule has 4 nitrogen and oxygen atoms in total. The smallest absolute Gasteiger partial charge is 0.311 e. The quantitative estimate of drug-likeness (QED) is 0.629. The zero-order valence-electron chi connectivity index (χ0n) is 12.9. The SMILES string of the molecule is O=C(CC1CCCCC1)Oc1cccc(N2CCCC2=O)c1. The van der Waals surface area contributed by atoms with Gasteiger partial charge in [0.25, 0.3) is 0 Å². The summed E-state index contributed by atoms with van der Waals surface area (Å²) in [6, 6.07) is 7.30. The molecule has 118 valence electrons. The van der Waals surface area contributed by atoms with Crippen LogP contribution in [0.5, 0.6) is 5.75 Å². The number of hydrogen-bond donors (Lipinski definition) is 0. The summed E-state index contributed by atoms with van der Waals surface area (Å²) in [5.74, 6) is 1.00. The van der Waals surface area contributed by atoms with Gasteiger partial charge in [-0.3, -0.25) is 9.59 Å². The summed E-state index contributed by atoms with van der Waals surface area (Å²) in [6.45, 7) is 0.748. The molecule has 2 fully saturated rings. The molecule has 22 heavy (non-hydrogen) atoms. The molecular weight excluding hydrogens is 278 g/mol. The van der Waals surface area contributed by atoms with E-state index in [1.54, 1.807) is 17.0 Å².